The Morgan fingerprint density at radius 3 is 2.74 bits per heavy atom. The Balaban J connectivity index is 2.12. The normalized spacial score (nSPS) is 23.4. The Hall–Kier alpha value is -0.980. The minimum Gasteiger partial charge on any atom is -0.271 e. The number of hydrogen-bond donors (Lipinski definition) is 2. The van der Waals surface area contributed by atoms with Crippen molar-refractivity contribution < 1.29 is 12.8 Å². The highest BCUT2D eigenvalue weighted by molar-refractivity contribution is 7.91. The molecule has 6 heteroatoms. The van der Waals surface area contributed by atoms with Crippen LogP contribution in [0.5, 0.6) is 0 Å². The second-order valence-electron chi connectivity index (χ2n) is 5.29. The van der Waals surface area contributed by atoms with E-state index >= 15 is 0 Å². The highest BCUT2D eigenvalue weighted by Crippen LogP contribution is 2.29. The summed E-state index contributed by atoms with van der Waals surface area (Å²) in [7, 11) is -2.89. The summed E-state index contributed by atoms with van der Waals surface area (Å²) in [5, 5.41) is 0. The van der Waals surface area contributed by atoms with Gasteiger partial charge in [0.2, 0.25) is 0 Å². The first-order valence-electron chi connectivity index (χ1n) is 6.33. The molecule has 0 spiro atoms. The van der Waals surface area contributed by atoms with Crippen molar-refractivity contribution in [3.8, 4) is 0 Å². The fourth-order valence-corrected chi connectivity index (χ4v) is 4.54. The van der Waals surface area contributed by atoms with E-state index in [1.165, 1.54) is 12.1 Å². The van der Waals surface area contributed by atoms with E-state index in [4.69, 9.17) is 5.84 Å². The van der Waals surface area contributed by atoms with E-state index < -0.39 is 9.84 Å². The van der Waals surface area contributed by atoms with Crippen LogP contribution in [0.2, 0.25) is 0 Å². The molecule has 0 radical (unpaired) electrons. The zero-order valence-corrected chi connectivity index (χ0v) is 11.7. The van der Waals surface area contributed by atoms with E-state index in [-0.39, 0.29) is 29.3 Å². The molecule has 0 aromatic heterocycles. The fourth-order valence-electron chi connectivity index (χ4n) is 2.66. The summed E-state index contributed by atoms with van der Waals surface area (Å²) in [6, 6.07) is 4.56. The molecule has 1 aromatic rings. The van der Waals surface area contributed by atoms with Gasteiger partial charge in [0.15, 0.2) is 9.84 Å². The Kier molecular flexibility index (Phi) is 4.23. The topological polar surface area (TPSA) is 72.2 Å². The number of aryl methyl sites for hydroxylation is 1. The van der Waals surface area contributed by atoms with Gasteiger partial charge in [-0.1, -0.05) is 6.07 Å². The van der Waals surface area contributed by atoms with E-state index in [0.717, 1.165) is 11.1 Å². The van der Waals surface area contributed by atoms with E-state index in [0.29, 0.717) is 12.8 Å². The number of benzene rings is 1. The second kappa shape index (κ2) is 5.56. The minimum atomic E-state index is -2.89. The predicted molar refractivity (Wildman–Crippen MR) is 72.6 cm³/mol. The van der Waals surface area contributed by atoms with Gasteiger partial charge in [-0.3, -0.25) is 11.3 Å². The number of sulfone groups is 1. The van der Waals surface area contributed by atoms with Crippen molar-refractivity contribution in [1.29, 1.82) is 0 Å². The lowest BCUT2D eigenvalue weighted by molar-refractivity contribution is 0.419. The molecule has 1 heterocycles. The molecular weight excluding hydrogens is 267 g/mol. The molecule has 0 amide bonds. The molecule has 0 aliphatic carbocycles. The highest BCUT2D eigenvalue weighted by Gasteiger charge is 2.30. The molecule has 1 aliphatic heterocycles. The summed E-state index contributed by atoms with van der Waals surface area (Å²) in [6.45, 7) is 1.82. The summed E-state index contributed by atoms with van der Waals surface area (Å²) in [4.78, 5) is 0. The van der Waals surface area contributed by atoms with E-state index in [1.54, 1.807) is 0 Å². The van der Waals surface area contributed by atoms with Gasteiger partial charge in [0, 0.05) is 6.04 Å². The molecule has 3 N–H and O–H groups in total. The summed E-state index contributed by atoms with van der Waals surface area (Å²) in [5.74, 6) is 5.78. The first kappa shape index (κ1) is 14.4. The van der Waals surface area contributed by atoms with Crippen LogP contribution in [-0.2, 0) is 9.84 Å². The van der Waals surface area contributed by atoms with Crippen molar-refractivity contribution in [2.45, 2.75) is 25.8 Å². The molecule has 1 aliphatic rings. The molecule has 1 aromatic carbocycles. The molecule has 0 saturated carbocycles. The van der Waals surface area contributed by atoms with Crippen LogP contribution in [0, 0.1) is 18.7 Å². The van der Waals surface area contributed by atoms with Gasteiger partial charge in [0.1, 0.15) is 5.82 Å². The average Bonchev–Trinajstić information content (AvgIpc) is 2.64. The van der Waals surface area contributed by atoms with Gasteiger partial charge < -0.3 is 0 Å². The molecule has 4 nitrogen and oxygen atoms in total. The van der Waals surface area contributed by atoms with E-state index in [2.05, 4.69) is 5.43 Å². The molecule has 1 fully saturated rings. The molecule has 2 rings (SSSR count). The van der Waals surface area contributed by atoms with Gasteiger partial charge in [-0.15, -0.1) is 0 Å². The predicted octanol–water partition coefficient (Wildman–Crippen LogP) is 1.46. The Labute approximate surface area is 113 Å². The van der Waals surface area contributed by atoms with E-state index in [1.807, 2.05) is 13.0 Å². The summed E-state index contributed by atoms with van der Waals surface area (Å²) < 4.78 is 36.3. The Morgan fingerprint density at radius 1 is 1.47 bits per heavy atom. The van der Waals surface area contributed by atoms with Gasteiger partial charge >= 0.3 is 0 Å². The van der Waals surface area contributed by atoms with Crippen molar-refractivity contribution >= 4 is 9.84 Å². The van der Waals surface area contributed by atoms with Crippen LogP contribution in [0.3, 0.4) is 0 Å². The maximum absolute atomic E-state index is 13.4. The SMILES string of the molecule is Cc1cc(F)cc(C(CC2CCS(=O)(=O)C2)NN)c1. The van der Waals surface area contributed by atoms with E-state index in [9.17, 15) is 12.8 Å². The van der Waals surface area contributed by atoms with Crippen LogP contribution in [0.4, 0.5) is 4.39 Å². The van der Waals surface area contributed by atoms with Crippen LogP contribution in [0.15, 0.2) is 18.2 Å². The number of nitrogens with two attached hydrogens (primary N) is 1. The quantitative estimate of drug-likeness (QED) is 0.649. The van der Waals surface area contributed by atoms with Crippen LogP contribution < -0.4 is 11.3 Å². The first-order valence-corrected chi connectivity index (χ1v) is 8.15. The average molecular weight is 286 g/mol. The number of halogens is 1. The van der Waals surface area contributed by atoms with Gasteiger partial charge in [-0.25, -0.2) is 12.8 Å². The minimum absolute atomic E-state index is 0.0922. The summed E-state index contributed by atoms with van der Waals surface area (Å²) in [6.07, 6.45) is 1.27. The van der Waals surface area contributed by atoms with Gasteiger partial charge in [0.25, 0.3) is 0 Å². The first-order chi connectivity index (χ1) is 8.89. The van der Waals surface area contributed by atoms with Crippen molar-refractivity contribution in [3.05, 3.63) is 35.1 Å². The maximum atomic E-state index is 13.4. The lowest BCUT2D eigenvalue weighted by Crippen LogP contribution is -2.30. The van der Waals surface area contributed by atoms with Crippen LogP contribution in [-0.4, -0.2) is 19.9 Å². The van der Waals surface area contributed by atoms with Crippen molar-refractivity contribution in [1.82, 2.24) is 5.43 Å². The van der Waals surface area contributed by atoms with Crippen molar-refractivity contribution in [2.24, 2.45) is 11.8 Å². The largest absolute Gasteiger partial charge is 0.271 e. The second-order valence-corrected chi connectivity index (χ2v) is 7.51. The number of nitrogens with one attached hydrogen (secondary N) is 1. The van der Waals surface area contributed by atoms with Gasteiger partial charge in [-0.2, -0.15) is 0 Å². The Morgan fingerprint density at radius 2 is 2.21 bits per heavy atom. The maximum Gasteiger partial charge on any atom is 0.150 e. The molecule has 0 bridgehead atoms. The number of rotatable bonds is 4. The van der Waals surface area contributed by atoms with Crippen molar-refractivity contribution in [2.75, 3.05) is 11.5 Å². The highest BCUT2D eigenvalue weighted by atomic mass is 32.2. The molecule has 2 atom stereocenters. The third kappa shape index (κ3) is 3.75. The number of hydrazine groups is 1. The smallest absolute Gasteiger partial charge is 0.150 e. The van der Waals surface area contributed by atoms with Crippen LogP contribution in [0.25, 0.3) is 0 Å². The summed E-state index contributed by atoms with van der Waals surface area (Å²) >= 11 is 0. The van der Waals surface area contributed by atoms with Crippen molar-refractivity contribution in [3.63, 3.8) is 0 Å². The lowest BCUT2D eigenvalue weighted by Gasteiger charge is -2.20. The van der Waals surface area contributed by atoms with Gasteiger partial charge in [0.05, 0.1) is 11.5 Å². The third-order valence-corrected chi connectivity index (χ3v) is 5.40. The summed E-state index contributed by atoms with van der Waals surface area (Å²) in [5.41, 5.74) is 4.26. The fraction of sp³-hybridized carbons (Fsp3) is 0.538. The monoisotopic (exact) mass is 286 g/mol. The molecular formula is C13H19FN2O2S. The lowest BCUT2D eigenvalue weighted by atomic mass is 9.94. The zero-order chi connectivity index (χ0) is 14.0. The van der Waals surface area contributed by atoms with Crippen LogP contribution in [0.1, 0.15) is 30.0 Å². The molecule has 1 saturated heterocycles. The number of hydrogen-bond acceptors (Lipinski definition) is 4. The standard InChI is InChI=1S/C13H19FN2O2S/c1-9-4-11(7-12(14)5-9)13(16-15)6-10-2-3-19(17,18)8-10/h4-5,7,10,13,16H,2-3,6,8,15H2,1H3. The van der Waals surface area contributed by atoms with Crippen LogP contribution >= 0.6 is 0 Å². The Bertz CT molecular complexity index is 540. The molecule has 19 heavy (non-hydrogen) atoms. The third-order valence-electron chi connectivity index (χ3n) is 3.56. The van der Waals surface area contributed by atoms with Gasteiger partial charge in [-0.05, 0) is 48.9 Å². The molecule has 2 unspecified atom stereocenters. The molecule has 106 valence electrons. The zero-order valence-electron chi connectivity index (χ0n) is 10.9.